The second-order valence-corrected chi connectivity index (χ2v) is 4.47. The van der Waals surface area contributed by atoms with Crippen molar-refractivity contribution < 1.29 is 0 Å². The Bertz CT molecular complexity index is 407. The van der Waals surface area contributed by atoms with E-state index in [1.807, 2.05) is 25.1 Å². The van der Waals surface area contributed by atoms with Crippen molar-refractivity contribution in [1.29, 1.82) is 5.26 Å². The third kappa shape index (κ3) is 4.05. The summed E-state index contributed by atoms with van der Waals surface area (Å²) >= 11 is 0. The summed E-state index contributed by atoms with van der Waals surface area (Å²) in [5, 5.41) is 12.5. The van der Waals surface area contributed by atoms with Gasteiger partial charge in [0, 0.05) is 13.1 Å². The van der Waals surface area contributed by atoms with Crippen LogP contribution >= 0.6 is 0 Å². The number of aryl methyl sites for hydroxylation is 1. The van der Waals surface area contributed by atoms with Crippen molar-refractivity contribution in [3.8, 4) is 6.07 Å². The van der Waals surface area contributed by atoms with E-state index in [9.17, 15) is 0 Å². The predicted molar refractivity (Wildman–Crippen MR) is 76.8 cm³/mol. The molecule has 0 saturated carbocycles. The molecule has 18 heavy (non-hydrogen) atoms. The Hall–Kier alpha value is -1.53. The average molecular weight is 245 g/mol. The summed E-state index contributed by atoms with van der Waals surface area (Å²) in [7, 11) is 0. The van der Waals surface area contributed by atoms with E-state index < -0.39 is 0 Å². The zero-order valence-electron chi connectivity index (χ0n) is 11.7. The second-order valence-electron chi connectivity index (χ2n) is 4.47. The first-order chi connectivity index (χ1) is 8.72. The van der Waals surface area contributed by atoms with Crippen molar-refractivity contribution in [2.45, 2.75) is 27.2 Å². The molecule has 1 aromatic carbocycles. The van der Waals surface area contributed by atoms with E-state index in [2.05, 4.69) is 30.1 Å². The van der Waals surface area contributed by atoms with Gasteiger partial charge in [-0.1, -0.05) is 26.0 Å². The number of nitrogens with one attached hydrogen (secondary N) is 1. The lowest BCUT2D eigenvalue weighted by molar-refractivity contribution is 0.300. The van der Waals surface area contributed by atoms with E-state index in [-0.39, 0.29) is 0 Å². The van der Waals surface area contributed by atoms with E-state index in [4.69, 9.17) is 5.26 Å². The Morgan fingerprint density at radius 1 is 1.28 bits per heavy atom. The van der Waals surface area contributed by atoms with Gasteiger partial charge >= 0.3 is 0 Å². The van der Waals surface area contributed by atoms with Crippen molar-refractivity contribution >= 4 is 5.69 Å². The molecule has 0 aliphatic rings. The van der Waals surface area contributed by atoms with Gasteiger partial charge in [-0.3, -0.25) is 0 Å². The number of hydrogen-bond donors (Lipinski definition) is 1. The first-order valence-electron chi connectivity index (χ1n) is 6.68. The molecule has 0 fully saturated rings. The number of para-hydroxylation sites is 1. The minimum atomic E-state index is 0.730. The van der Waals surface area contributed by atoms with E-state index in [1.54, 1.807) is 0 Å². The van der Waals surface area contributed by atoms with Gasteiger partial charge in [-0.15, -0.1) is 0 Å². The Balaban J connectivity index is 2.56. The second kappa shape index (κ2) is 7.73. The topological polar surface area (TPSA) is 39.1 Å². The Morgan fingerprint density at radius 2 is 2.06 bits per heavy atom. The van der Waals surface area contributed by atoms with Crippen molar-refractivity contribution in [2.24, 2.45) is 0 Å². The smallest absolute Gasteiger partial charge is 0.101 e. The summed E-state index contributed by atoms with van der Waals surface area (Å²) in [6.45, 7) is 10.5. The average Bonchev–Trinajstić information content (AvgIpc) is 2.39. The highest BCUT2D eigenvalue weighted by molar-refractivity contribution is 5.62. The quantitative estimate of drug-likeness (QED) is 0.802. The lowest BCUT2D eigenvalue weighted by atomic mass is 10.1. The summed E-state index contributed by atoms with van der Waals surface area (Å²) in [6, 6.07) is 8.06. The zero-order valence-corrected chi connectivity index (χ0v) is 11.7. The van der Waals surface area contributed by atoms with Gasteiger partial charge in [0.05, 0.1) is 11.3 Å². The molecule has 0 atom stereocenters. The standard InChI is InChI=1S/C15H23N3/c1-4-10-18(5-2)11-9-17-15-13(3)7-6-8-14(15)12-16/h6-8,17H,4-5,9-11H2,1-3H3. The van der Waals surface area contributed by atoms with Gasteiger partial charge in [0.2, 0.25) is 0 Å². The molecule has 1 N–H and O–H groups in total. The number of likely N-dealkylation sites (N-methyl/N-ethyl adjacent to an activating group) is 1. The Morgan fingerprint density at radius 3 is 2.67 bits per heavy atom. The number of rotatable bonds is 7. The van der Waals surface area contributed by atoms with Crippen LogP contribution in [0.3, 0.4) is 0 Å². The van der Waals surface area contributed by atoms with Crippen LogP contribution in [-0.2, 0) is 0 Å². The van der Waals surface area contributed by atoms with Gasteiger partial charge in [-0.05, 0) is 38.1 Å². The first-order valence-corrected chi connectivity index (χ1v) is 6.68. The highest BCUT2D eigenvalue weighted by Gasteiger charge is 2.05. The normalized spacial score (nSPS) is 10.4. The van der Waals surface area contributed by atoms with Crippen molar-refractivity contribution in [3.05, 3.63) is 29.3 Å². The van der Waals surface area contributed by atoms with Crippen LogP contribution in [-0.4, -0.2) is 31.1 Å². The molecular formula is C15H23N3. The Labute approximate surface area is 110 Å². The SMILES string of the molecule is CCCN(CC)CCNc1c(C)cccc1C#N. The largest absolute Gasteiger partial charge is 0.382 e. The van der Waals surface area contributed by atoms with Crippen LogP contribution < -0.4 is 5.32 Å². The molecule has 1 aromatic rings. The highest BCUT2D eigenvalue weighted by atomic mass is 15.1. The molecule has 98 valence electrons. The van der Waals surface area contributed by atoms with Crippen LogP contribution in [0.2, 0.25) is 0 Å². The van der Waals surface area contributed by atoms with Gasteiger partial charge in [-0.2, -0.15) is 5.26 Å². The van der Waals surface area contributed by atoms with Gasteiger partial charge in [0.1, 0.15) is 6.07 Å². The van der Waals surface area contributed by atoms with Crippen molar-refractivity contribution in [1.82, 2.24) is 4.90 Å². The molecule has 3 nitrogen and oxygen atoms in total. The molecule has 0 amide bonds. The fourth-order valence-corrected chi connectivity index (χ4v) is 2.08. The maximum Gasteiger partial charge on any atom is 0.101 e. The highest BCUT2D eigenvalue weighted by Crippen LogP contribution is 2.19. The van der Waals surface area contributed by atoms with Crippen LogP contribution in [0.5, 0.6) is 0 Å². The molecular weight excluding hydrogens is 222 g/mol. The minimum absolute atomic E-state index is 0.730. The molecule has 0 bridgehead atoms. The van der Waals surface area contributed by atoms with Crippen LogP contribution in [0.4, 0.5) is 5.69 Å². The number of benzene rings is 1. The molecule has 0 aliphatic carbocycles. The fraction of sp³-hybridized carbons (Fsp3) is 0.533. The Kier molecular flexibility index (Phi) is 6.24. The molecule has 3 heteroatoms. The predicted octanol–water partition coefficient (Wildman–Crippen LogP) is 3.01. The molecule has 0 aromatic heterocycles. The van der Waals surface area contributed by atoms with E-state index in [0.717, 1.165) is 43.0 Å². The van der Waals surface area contributed by atoms with Crippen LogP contribution in [0, 0.1) is 18.3 Å². The van der Waals surface area contributed by atoms with Gasteiger partial charge in [0.15, 0.2) is 0 Å². The molecule has 1 rings (SSSR count). The molecule has 0 aliphatic heterocycles. The first kappa shape index (κ1) is 14.5. The lowest BCUT2D eigenvalue weighted by Gasteiger charge is -2.20. The van der Waals surface area contributed by atoms with Crippen molar-refractivity contribution in [2.75, 3.05) is 31.5 Å². The van der Waals surface area contributed by atoms with E-state index >= 15 is 0 Å². The van der Waals surface area contributed by atoms with Gasteiger partial charge < -0.3 is 10.2 Å². The lowest BCUT2D eigenvalue weighted by Crippen LogP contribution is -2.29. The minimum Gasteiger partial charge on any atom is -0.382 e. The molecule has 0 heterocycles. The van der Waals surface area contributed by atoms with Crippen molar-refractivity contribution in [3.63, 3.8) is 0 Å². The summed E-state index contributed by atoms with van der Waals surface area (Å²) < 4.78 is 0. The van der Waals surface area contributed by atoms with Crippen LogP contribution in [0.1, 0.15) is 31.4 Å². The summed E-state index contributed by atoms with van der Waals surface area (Å²) in [4.78, 5) is 2.41. The van der Waals surface area contributed by atoms with E-state index in [1.165, 1.54) is 6.42 Å². The summed E-state index contributed by atoms with van der Waals surface area (Å²) in [6.07, 6.45) is 1.18. The fourth-order valence-electron chi connectivity index (χ4n) is 2.08. The number of hydrogen-bond acceptors (Lipinski definition) is 3. The molecule has 0 radical (unpaired) electrons. The van der Waals surface area contributed by atoms with Gasteiger partial charge in [0.25, 0.3) is 0 Å². The third-order valence-corrected chi connectivity index (χ3v) is 3.11. The van der Waals surface area contributed by atoms with Gasteiger partial charge in [-0.25, -0.2) is 0 Å². The van der Waals surface area contributed by atoms with E-state index in [0.29, 0.717) is 0 Å². The number of nitrogens with zero attached hydrogens (tertiary/aromatic N) is 2. The number of anilines is 1. The molecule has 0 spiro atoms. The zero-order chi connectivity index (χ0) is 13.4. The van der Waals surface area contributed by atoms with Crippen LogP contribution in [0.25, 0.3) is 0 Å². The summed E-state index contributed by atoms with van der Waals surface area (Å²) in [5.41, 5.74) is 2.84. The molecule has 0 unspecified atom stereocenters. The monoisotopic (exact) mass is 245 g/mol. The maximum atomic E-state index is 9.08. The maximum absolute atomic E-state index is 9.08. The molecule has 0 saturated heterocycles. The third-order valence-electron chi connectivity index (χ3n) is 3.11. The number of nitriles is 1. The summed E-state index contributed by atoms with van der Waals surface area (Å²) in [5.74, 6) is 0. The van der Waals surface area contributed by atoms with Crippen LogP contribution in [0.15, 0.2) is 18.2 Å².